The maximum Gasteiger partial charge on any atom is 0.135 e. The number of benzene rings is 2. The van der Waals surface area contributed by atoms with Gasteiger partial charge in [-0.15, -0.1) is 0 Å². The van der Waals surface area contributed by atoms with Crippen LogP contribution in [-0.2, 0) is 0 Å². The van der Waals surface area contributed by atoms with E-state index in [0.717, 1.165) is 32.5 Å². The van der Waals surface area contributed by atoms with Crippen molar-refractivity contribution in [3.63, 3.8) is 0 Å². The first-order chi connectivity index (χ1) is 8.22. The molecule has 0 aliphatic heterocycles. The van der Waals surface area contributed by atoms with E-state index in [0.29, 0.717) is 0 Å². The number of anilines is 1. The zero-order valence-corrected chi connectivity index (χ0v) is 10.6. The molecule has 2 aromatic carbocycles. The lowest BCUT2D eigenvalue weighted by Gasteiger charge is -1.95. The van der Waals surface area contributed by atoms with Crippen molar-refractivity contribution in [1.82, 2.24) is 0 Å². The van der Waals surface area contributed by atoms with Crippen molar-refractivity contribution in [2.24, 2.45) is 0 Å². The van der Waals surface area contributed by atoms with Gasteiger partial charge in [0.2, 0.25) is 0 Å². The Kier molecular flexibility index (Phi) is 2.41. The van der Waals surface area contributed by atoms with Crippen LogP contribution in [0.1, 0.15) is 0 Å². The Hall–Kier alpha value is -1.74. The largest absolute Gasteiger partial charge is 0.456 e. The van der Waals surface area contributed by atoms with E-state index in [-0.39, 0.29) is 0 Å². The van der Waals surface area contributed by atoms with Crippen LogP contribution in [0.3, 0.4) is 0 Å². The van der Waals surface area contributed by atoms with Crippen molar-refractivity contribution in [2.75, 3.05) is 5.73 Å². The summed E-state index contributed by atoms with van der Waals surface area (Å²) in [4.78, 5) is 0. The minimum atomic E-state index is 0.751. The first-order valence-electron chi connectivity index (χ1n) is 5.27. The highest BCUT2D eigenvalue weighted by atomic mass is 79.9. The highest BCUT2D eigenvalue weighted by Crippen LogP contribution is 2.29. The van der Waals surface area contributed by atoms with Gasteiger partial charge in [0.05, 0.1) is 0 Å². The molecule has 0 spiro atoms. The van der Waals surface area contributed by atoms with E-state index < -0.39 is 0 Å². The normalized spacial score (nSPS) is 10.9. The Morgan fingerprint density at radius 2 is 1.71 bits per heavy atom. The number of hydrogen-bond donors (Lipinski definition) is 1. The number of hydrogen-bond acceptors (Lipinski definition) is 2. The molecule has 84 valence electrons. The third-order valence-corrected chi connectivity index (χ3v) is 3.20. The molecule has 0 aliphatic rings. The van der Waals surface area contributed by atoms with Gasteiger partial charge in [0.1, 0.15) is 11.3 Å². The molecule has 0 radical (unpaired) electrons. The van der Waals surface area contributed by atoms with Crippen LogP contribution in [0, 0.1) is 0 Å². The fourth-order valence-corrected chi connectivity index (χ4v) is 2.08. The van der Waals surface area contributed by atoms with Gasteiger partial charge in [-0.25, -0.2) is 0 Å². The Morgan fingerprint density at radius 1 is 0.941 bits per heavy atom. The summed E-state index contributed by atoms with van der Waals surface area (Å²) in [6.45, 7) is 0. The van der Waals surface area contributed by atoms with Crippen LogP contribution in [0.2, 0.25) is 0 Å². The zero-order valence-electron chi connectivity index (χ0n) is 8.98. The summed E-state index contributed by atoms with van der Waals surface area (Å²) in [5, 5.41) is 1.03. The number of fused-ring (bicyclic) bond motifs is 1. The molecule has 1 heterocycles. The van der Waals surface area contributed by atoms with Gasteiger partial charge in [-0.05, 0) is 36.4 Å². The number of furan rings is 1. The molecule has 0 bridgehead atoms. The average molecular weight is 288 g/mol. The molecular weight excluding hydrogens is 278 g/mol. The van der Waals surface area contributed by atoms with Gasteiger partial charge in [0, 0.05) is 21.1 Å². The third kappa shape index (κ3) is 1.94. The predicted octanol–water partition coefficient (Wildman–Crippen LogP) is 4.44. The van der Waals surface area contributed by atoms with E-state index >= 15 is 0 Å². The predicted molar refractivity (Wildman–Crippen MR) is 73.8 cm³/mol. The van der Waals surface area contributed by atoms with Gasteiger partial charge in [-0.3, -0.25) is 0 Å². The van der Waals surface area contributed by atoms with E-state index in [1.165, 1.54) is 0 Å². The van der Waals surface area contributed by atoms with Crippen LogP contribution in [0.5, 0.6) is 0 Å². The summed E-state index contributed by atoms with van der Waals surface area (Å²) in [7, 11) is 0. The Labute approximate surface area is 107 Å². The molecule has 0 fully saturated rings. The molecule has 0 unspecified atom stereocenters. The number of rotatable bonds is 1. The Bertz CT molecular complexity index is 670. The SMILES string of the molecule is Nc1ccc2oc(-c3ccc(Br)cc3)cc2c1. The van der Waals surface area contributed by atoms with Crippen LogP contribution < -0.4 is 5.73 Å². The zero-order chi connectivity index (χ0) is 11.8. The second-order valence-electron chi connectivity index (χ2n) is 3.91. The minimum absolute atomic E-state index is 0.751. The van der Waals surface area contributed by atoms with Crippen molar-refractivity contribution >= 4 is 32.6 Å². The van der Waals surface area contributed by atoms with Crippen molar-refractivity contribution in [3.8, 4) is 11.3 Å². The molecule has 3 rings (SSSR count). The topological polar surface area (TPSA) is 39.2 Å². The second-order valence-corrected chi connectivity index (χ2v) is 4.83. The highest BCUT2D eigenvalue weighted by molar-refractivity contribution is 9.10. The van der Waals surface area contributed by atoms with Gasteiger partial charge < -0.3 is 10.2 Å². The monoisotopic (exact) mass is 287 g/mol. The maximum absolute atomic E-state index is 5.78. The molecule has 3 aromatic rings. The molecule has 1 aromatic heterocycles. The smallest absolute Gasteiger partial charge is 0.135 e. The van der Waals surface area contributed by atoms with Gasteiger partial charge in [0.25, 0.3) is 0 Å². The number of halogens is 1. The molecule has 0 saturated carbocycles. The molecule has 2 N–H and O–H groups in total. The third-order valence-electron chi connectivity index (χ3n) is 2.67. The molecule has 0 atom stereocenters. The van der Waals surface area contributed by atoms with Crippen LogP contribution >= 0.6 is 15.9 Å². The van der Waals surface area contributed by atoms with E-state index in [1.807, 2.05) is 48.5 Å². The van der Waals surface area contributed by atoms with Crippen molar-refractivity contribution < 1.29 is 4.42 Å². The quantitative estimate of drug-likeness (QED) is 0.672. The lowest BCUT2D eigenvalue weighted by Crippen LogP contribution is -1.80. The van der Waals surface area contributed by atoms with Crippen LogP contribution in [0.4, 0.5) is 5.69 Å². The van der Waals surface area contributed by atoms with Gasteiger partial charge in [0.15, 0.2) is 0 Å². The maximum atomic E-state index is 5.78. The molecule has 2 nitrogen and oxygen atoms in total. The van der Waals surface area contributed by atoms with Gasteiger partial charge in [-0.2, -0.15) is 0 Å². The number of nitrogen functional groups attached to an aromatic ring is 1. The highest BCUT2D eigenvalue weighted by Gasteiger charge is 2.06. The minimum Gasteiger partial charge on any atom is -0.456 e. The number of nitrogens with two attached hydrogens (primary N) is 1. The Balaban J connectivity index is 2.14. The van der Waals surface area contributed by atoms with Crippen LogP contribution in [0.15, 0.2) is 57.4 Å². The summed E-state index contributed by atoms with van der Waals surface area (Å²) in [5.74, 6) is 0.859. The molecule has 17 heavy (non-hydrogen) atoms. The molecular formula is C14H10BrNO. The second kappa shape index (κ2) is 3.93. The lowest BCUT2D eigenvalue weighted by molar-refractivity contribution is 0.631. The van der Waals surface area contributed by atoms with Gasteiger partial charge >= 0.3 is 0 Å². The van der Waals surface area contributed by atoms with E-state index in [2.05, 4.69) is 15.9 Å². The van der Waals surface area contributed by atoms with Crippen molar-refractivity contribution in [3.05, 3.63) is 53.0 Å². The fourth-order valence-electron chi connectivity index (χ4n) is 1.82. The summed E-state index contributed by atoms with van der Waals surface area (Å²) in [6.07, 6.45) is 0. The summed E-state index contributed by atoms with van der Waals surface area (Å²) >= 11 is 3.42. The molecule has 3 heteroatoms. The van der Waals surface area contributed by atoms with Gasteiger partial charge in [-0.1, -0.05) is 28.1 Å². The standard InChI is InChI=1S/C14H10BrNO/c15-11-3-1-9(2-4-11)14-8-10-7-12(16)5-6-13(10)17-14/h1-8H,16H2. The van der Waals surface area contributed by atoms with Crippen molar-refractivity contribution in [2.45, 2.75) is 0 Å². The molecule has 0 amide bonds. The van der Waals surface area contributed by atoms with Crippen molar-refractivity contribution in [1.29, 1.82) is 0 Å². The lowest BCUT2D eigenvalue weighted by atomic mass is 10.1. The molecule has 0 aliphatic carbocycles. The summed E-state index contributed by atoms with van der Waals surface area (Å²) in [6, 6.07) is 15.7. The van der Waals surface area contributed by atoms with Crippen LogP contribution in [-0.4, -0.2) is 0 Å². The van der Waals surface area contributed by atoms with E-state index in [1.54, 1.807) is 0 Å². The molecule has 0 saturated heterocycles. The van der Waals surface area contributed by atoms with Crippen LogP contribution in [0.25, 0.3) is 22.3 Å². The first-order valence-corrected chi connectivity index (χ1v) is 6.07. The van der Waals surface area contributed by atoms with E-state index in [9.17, 15) is 0 Å². The average Bonchev–Trinajstić information content (AvgIpc) is 2.72. The fraction of sp³-hybridized carbons (Fsp3) is 0. The first kappa shape index (κ1) is 10.4. The summed E-state index contributed by atoms with van der Waals surface area (Å²) < 4.78 is 6.84. The van der Waals surface area contributed by atoms with E-state index in [4.69, 9.17) is 10.2 Å². The Morgan fingerprint density at radius 3 is 2.47 bits per heavy atom. The summed E-state index contributed by atoms with van der Waals surface area (Å²) in [5.41, 5.74) is 8.41.